The largest absolute Gasteiger partial charge is 0.462 e. The summed E-state index contributed by atoms with van der Waals surface area (Å²) >= 11 is 6.00. The van der Waals surface area contributed by atoms with Gasteiger partial charge in [0.15, 0.2) is 0 Å². The molecule has 1 aliphatic carbocycles. The molecule has 2 aliphatic heterocycles. The first-order valence-corrected chi connectivity index (χ1v) is 10.3. The van der Waals surface area contributed by atoms with E-state index in [9.17, 15) is 4.79 Å². The third-order valence-electron chi connectivity index (χ3n) is 6.35. The van der Waals surface area contributed by atoms with E-state index < -0.39 is 0 Å². The van der Waals surface area contributed by atoms with Gasteiger partial charge in [-0.2, -0.15) is 0 Å². The zero-order chi connectivity index (χ0) is 18.0. The van der Waals surface area contributed by atoms with Gasteiger partial charge in [-0.1, -0.05) is 30.9 Å². The predicted octanol–water partition coefficient (Wildman–Crippen LogP) is 3.51. The van der Waals surface area contributed by atoms with Crippen LogP contribution in [-0.2, 0) is 9.53 Å². The Labute approximate surface area is 160 Å². The third kappa shape index (κ3) is 3.84. The van der Waals surface area contributed by atoms with Gasteiger partial charge >= 0.3 is 5.97 Å². The number of cyclic esters (lactones) is 1. The molecular formula is C20H28ClN3O2. The number of ether oxygens (including phenoxy) is 1. The molecule has 3 heterocycles. The number of hydrogen-bond donors (Lipinski definition) is 0. The molecule has 1 spiro atoms. The van der Waals surface area contributed by atoms with E-state index in [0.29, 0.717) is 5.15 Å². The number of carbonyl (C=O) groups is 1. The van der Waals surface area contributed by atoms with E-state index in [0.717, 1.165) is 64.1 Å². The van der Waals surface area contributed by atoms with Crippen molar-refractivity contribution in [3.63, 3.8) is 0 Å². The Morgan fingerprint density at radius 3 is 2.69 bits per heavy atom. The normalized spacial score (nSPS) is 26.3. The molecule has 142 valence electrons. The van der Waals surface area contributed by atoms with E-state index in [2.05, 4.69) is 14.8 Å². The van der Waals surface area contributed by atoms with Crippen molar-refractivity contribution in [2.24, 2.45) is 5.41 Å². The monoisotopic (exact) mass is 377 g/mol. The zero-order valence-corrected chi connectivity index (χ0v) is 16.1. The lowest BCUT2D eigenvalue weighted by atomic mass is 9.72. The quantitative estimate of drug-likeness (QED) is 0.593. The molecule has 26 heavy (non-hydrogen) atoms. The summed E-state index contributed by atoms with van der Waals surface area (Å²) in [7, 11) is 0. The van der Waals surface area contributed by atoms with Gasteiger partial charge in [-0.25, -0.2) is 4.98 Å². The summed E-state index contributed by atoms with van der Waals surface area (Å²) in [5, 5.41) is 0.546. The van der Waals surface area contributed by atoms with Gasteiger partial charge in [0.05, 0.1) is 5.41 Å². The van der Waals surface area contributed by atoms with E-state index in [1.165, 1.54) is 19.3 Å². The molecule has 3 fully saturated rings. The van der Waals surface area contributed by atoms with E-state index in [1.807, 2.05) is 12.1 Å². The van der Waals surface area contributed by atoms with Crippen LogP contribution in [-0.4, -0.2) is 54.7 Å². The highest BCUT2D eigenvalue weighted by atomic mass is 35.5. The molecule has 0 bridgehead atoms. The van der Waals surface area contributed by atoms with Crippen molar-refractivity contribution in [3.8, 4) is 0 Å². The fraction of sp³-hybridized carbons (Fsp3) is 0.700. The lowest BCUT2D eigenvalue weighted by Gasteiger charge is -2.36. The molecule has 1 atom stereocenters. The van der Waals surface area contributed by atoms with Gasteiger partial charge in [-0.05, 0) is 31.4 Å². The first-order chi connectivity index (χ1) is 12.6. The summed E-state index contributed by atoms with van der Waals surface area (Å²) in [6.07, 6.45) is 9.51. The van der Waals surface area contributed by atoms with Crippen molar-refractivity contribution in [1.82, 2.24) is 9.88 Å². The first kappa shape index (κ1) is 18.1. The summed E-state index contributed by atoms with van der Waals surface area (Å²) in [4.78, 5) is 21.3. The van der Waals surface area contributed by atoms with Crippen LogP contribution in [0.3, 0.4) is 0 Å². The van der Waals surface area contributed by atoms with Crippen molar-refractivity contribution < 1.29 is 9.53 Å². The van der Waals surface area contributed by atoms with Crippen molar-refractivity contribution in [1.29, 1.82) is 0 Å². The maximum Gasteiger partial charge on any atom is 0.312 e. The SMILES string of the molecule is O=C1OC(CCN2CCN(c3ccnc(Cl)c3)CC2)CC12CCCCC2. The summed E-state index contributed by atoms with van der Waals surface area (Å²) in [6, 6.07) is 3.95. The second-order valence-electron chi connectivity index (χ2n) is 8.03. The minimum Gasteiger partial charge on any atom is -0.462 e. The molecular weight excluding hydrogens is 350 g/mol. The number of hydrogen-bond acceptors (Lipinski definition) is 5. The Hall–Kier alpha value is -1.33. The van der Waals surface area contributed by atoms with Gasteiger partial charge < -0.3 is 9.64 Å². The molecule has 0 amide bonds. The zero-order valence-electron chi connectivity index (χ0n) is 15.3. The number of esters is 1. The third-order valence-corrected chi connectivity index (χ3v) is 6.56. The van der Waals surface area contributed by atoms with Crippen LogP contribution in [0.15, 0.2) is 18.3 Å². The van der Waals surface area contributed by atoms with Gasteiger partial charge in [0.25, 0.3) is 0 Å². The minimum atomic E-state index is -0.137. The van der Waals surface area contributed by atoms with Crippen LogP contribution in [0.1, 0.15) is 44.9 Å². The maximum absolute atomic E-state index is 12.4. The fourth-order valence-corrected chi connectivity index (χ4v) is 4.95. The van der Waals surface area contributed by atoms with E-state index >= 15 is 0 Å². The van der Waals surface area contributed by atoms with Crippen LogP contribution in [0.4, 0.5) is 5.69 Å². The highest BCUT2D eigenvalue weighted by Gasteiger charge is 2.48. The average Bonchev–Trinajstić information content (AvgIpc) is 2.96. The Morgan fingerprint density at radius 1 is 1.19 bits per heavy atom. The smallest absolute Gasteiger partial charge is 0.312 e. The second-order valence-corrected chi connectivity index (χ2v) is 8.41. The van der Waals surface area contributed by atoms with E-state index in [1.54, 1.807) is 6.20 Å². The molecule has 0 radical (unpaired) electrons. The second kappa shape index (κ2) is 7.73. The summed E-state index contributed by atoms with van der Waals surface area (Å²) in [5.41, 5.74) is 1.01. The van der Waals surface area contributed by atoms with Crippen molar-refractivity contribution in [2.45, 2.75) is 51.0 Å². The molecule has 2 saturated heterocycles. The highest BCUT2D eigenvalue weighted by Crippen LogP contribution is 2.46. The van der Waals surface area contributed by atoms with Crippen LogP contribution in [0.5, 0.6) is 0 Å². The van der Waals surface area contributed by atoms with Gasteiger partial charge in [-0.15, -0.1) is 0 Å². The Morgan fingerprint density at radius 2 is 1.96 bits per heavy atom. The molecule has 0 aromatic carbocycles. The number of pyridine rings is 1. The van der Waals surface area contributed by atoms with Crippen molar-refractivity contribution in [3.05, 3.63) is 23.5 Å². The molecule has 0 N–H and O–H groups in total. The number of nitrogens with zero attached hydrogens (tertiary/aromatic N) is 3. The summed E-state index contributed by atoms with van der Waals surface area (Å²) in [6.45, 7) is 5.07. The van der Waals surface area contributed by atoms with Gasteiger partial charge in [-0.3, -0.25) is 9.69 Å². The van der Waals surface area contributed by atoms with Crippen molar-refractivity contribution in [2.75, 3.05) is 37.6 Å². The molecule has 3 aliphatic rings. The van der Waals surface area contributed by atoms with Gasteiger partial charge in [0.2, 0.25) is 0 Å². The molecule has 1 unspecified atom stereocenters. The topological polar surface area (TPSA) is 45.7 Å². The number of anilines is 1. The number of rotatable bonds is 4. The molecule has 1 saturated carbocycles. The molecule has 1 aromatic rings. The molecule has 4 rings (SSSR count). The van der Waals surface area contributed by atoms with E-state index in [-0.39, 0.29) is 17.5 Å². The van der Waals surface area contributed by atoms with Crippen LogP contribution in [0.2, 0.25) is 5.15 Å². The number of halogens is 1. The number of carbonyl (C=O) groups excluding carboxylic acids is 1. The molecule has 5 nitrogen and oxygen atoms in total. The van der Waals surface area contributed by atoms with Gasteiger partial charge in [0, 0.05) is 51.0 Å². The summed E-state index contributed by atoms with van der Waals surface area (Å²) < 4.78 is 5.75. The Kier molecular flexibility index (Phi) is 5.37. The lowest BCUT2D eigenvalue weighted by Crippen LogP contribution is -2.47. The Bertz CT molecular complexity index is 640. The van der Waals surface area contributed by atoms with Gasteiger partial charge in [0.1, 0.15) is 11.3 Å². The number of piperazine rings is 1. The Balaban J connectivity index is 1.24. The van der Waals surface area contributed by atoms with Crippen LogP contribution < -0.4 is 4.90 Å². The summed E-state index contributed by atoms with van der Waals surface area (Å²) in [5.74, 6) is 0.0848. The molecule has 1 aromatic heterocycles. The lowest BCUT2D eigenvalue weighted by molar-refractivity contribution is -0.150. The predicted molar refractivity (Wildman–Crippen MR) is 103 cm³/mol. The molecule has 6 heteroatoms. The average molecular weight is 378 g/mol. The first-order valence-electron chi connectivity index (χ1n) is 9.95. The highest BCUT2D eigenvalue weighted by molar-refractivity contribution is 6.29. The minimum absolute atomic E-state index is 0.0848. The van der Waals surface area contributed by atoms with E-state index in [4.69, 9.17) is 16.3 Å². The fourth-order valence-electron chi connectivity index (χ4n) is 4.78. The number of aromatic nitrogens is 1. The standard InChI is InChI=1S/C20H28ClN3O2/c21-18-14-16(4-8-22-18)24-12-10-23(11-13-24)9-5-17-15-20(19(25)26-17)6-2-1-3-7-20/h4,8,14,17H,1-3,5-7,9-13,15H2. The van der Waals surface area contributed by atoms with Crippen molar-refractivity contribution >= 4 is 23.3 Å². The maximum atomic E-state index is 12.4. The van der Waals surface area contributed by atoms with Crippen LogP contribution in [0.25, 0.3) is 0 Å². The van der Waals surface area contributed by atoms with Crippen LogP contribution >= 0.6 is 11.6 Å². The van der Waals surface area contributed by atoms with Crippen LogP contribution in [0, 0.1) is 5.41 Å².